The third kappa shape index (κ3) is 4.81. The lowest BCUT2D eigenvalue weighted by Crippen LogP contribution is -2.36. The van der Waals surface area contributed by atoms with Gasteiger partial charge in [0.2, 0.25) is 5.71 Å². The SMILES string of the molecule is c1ccc(N2c3ccc(-c4cccc5c6c7ccccc7oc6n(-c6ccccc6)c45)cc3C3(c4ccccc4-c4ccccc43)c3cc(-n4c5ccccc5c5ccccc54)ccc32)cc1. The van der Waals surface area contributed by atoms with Crippen molar-refractivity contribution in [3.8, 4) is 33.6 Å². The Morgan fingerprint density at radius 2 is 0.881 bits per heavy atom. The predicted molar refractivity (Wildman–Crippen MR) is 276 cm³/mol. The van der Waals surface area contributed by atoms with Gasteiger partial charge in [0.25, 0.3) is 0 Å². The summed E-state index contributed by atoms with van der Waals surface area (Å²) in [7, 11) is 0. The smallest absolute Gasteiger partial charge is 0.213 e. The molecule has 1 aliphatic carbocycles. The molecular weight excluding hydrogens is 815 g/mol. The van der Waals surface area contributed by atoms with Gasteiger partial charge in [-0.15, -0.1) is 0 Å². The summed E-state index contributed by atoms with van der Waals surface area (Å²) >= 11 is 0. The molecule has 3 aromatic heterocycles. The summed E-state index contributed by atoms with van der Waals surface area (Å²) in [6.07, 6.45) is 0. The first-order valence-electron chi connectivity index (χ1n) is 23.1. The highest BCUT2D eigenvalue weighted by Crippen LogP contribution is 2.64. The van der Waals surface area contributed by atoms with Gasteiger partial charge < -0.3 is 13.9 Å². The van der Waals surface area contributed by atoms with Crippen molar-refractivity contribution < 1.29 is 4.42 Å². The Balaban J connectivity index is 1.08. The number of furan rings is 1. The molecule has 0 N–H and O–H groups in total. The number of nitrogens with zero attached hydrogens (tertiary/aromatic N) is 3. The van der Waals surface area contributed by atoms with Crippen molar-refractivity contribution in [3.63, 3.8) is 0 Å². The van der Waals surface area contributed by atoms with Gasteiger partial charge in [0.15, 0.2) is 0 Å². The number of anilines is 3. The zero-order valence-corrected chi connectivity index (χ0v) is 36.3. The Hall–Kier alpha value is -8.86. The number of rotatable bonds is 4. The highest BCUT2D eigenvalue weighted by Gasteiger charge is 2.52. The second kappa shape index (κ2) is 13.6. The summed E-state index contributed by atoms with van der Waals surface area (Å²) < 4.78 is 11.6. The van der Waals surface area contributed by atoms with Crippen LogP contribution in [0.3, 0.4) is 0 Å². The molecule has 2 aliphatic rings. The molecule has 0 unspecified atom stereocenters. The van der Waals surface area contributed by atoms with Crippen molar-refractivity contribution in [2.45, 2.75) is 5.41 Å². The van der Waals surface area contributed by atoms with Crippen LogP contribution >= 0.6 is 0 Å². The van der Waals surface area contributed by atoms with Crippen LogP contribution in [0.5, 0.6) is 0 Å². The minimum atomic E-state index is -0.674. The van der Waals surface area contributed by atoms with E-state index in [0.717, 1.165) is 72.5 Å². The number of hydrogen-bond acceptors (Lipinski definition) is 2. The van der Waals surface area contributed by atoms with E-state index in [0.29, 0.717) is 0 Å². The van der Waals surface area contributed by atoms with Gasteiger partial charge in [-0.05, 0) is 112 Å². The third-order valence-electron chi connectivity index (χ3n) is 14.7. The van der Waals surface area contributed by atoms with Crippen LogP contribution < -0.4 is 4.90 Å². The zero-order valence-electron chi connectivity index (χ0n) is 36.3. The molecule has 0 bridgehead atoms. The number of para-hydroxylation sites is 6. The topological polar surface area (TPSA) is 26.2 Å². The van der Waals surface area contributed by atoms with Gasteiger partial charge >= 0.3 is 0 Å². The average Bonchev–Trinajstić information content (AvgIpc) is 4.12. The summed E-state index contributed by atoms with van der Waals surface area (Å²) in [5.41, 5.74) is 20.1. The van der Waals surface area contributed by atoms with Gasteiger partial charge in [-0.2, -0.15) is 0 Å². The summed E-state index contributed by atoms with van der Waals surface area (Å²) in [5, 5.41) is 5.91. The van der Waals surface area contributed by atoms with E-state index in [1.54, 1.807) is 0 Å². The van der Waals surface area contributed by atoms with E-state index in [4.69, 9.17) is 4.42 Å². The minimum Gasteiger partial charge on any atom is -0.439 e. The molecule has 1 spiro atoms. The molecule has 13 aromatic rings. The lowest BCUT2D eigenvalue weighted by molar-refractivity contribution is 0.645. The van der Waals surface area contributed by atoms with Crippen LogP contribution in [0.25, 0.3) is 88.4 Å². The monoisotopic (exact) mass is 853 g/mol. The Morgan fingerprint density at radius 1 is 0.343 bits per heavy atom. The number of benzene rings is 10. The third-order valence-corrected chi connectivity index (χ3v) is 14.7. The fourth-order valence-electron chi connectivity index (χ4n) is 12.1. The Bertz CT molecular complexity index is 4070. The van der Waals surface area contributed by atoms with E-state index in [-0.39, 0.29) is 0 Å². The van der Waals surface area contributed by atoms with E-state index in [9.17, 15) is 0 Å². The minimum absolute atomic E-state index is 0.674. The van der Waals surface area contributed by atoms with E-state index < -0.39 is 5.41 Å². The van der Waals surface area contributed by atoms with Crippen LogP contribution in [-0.4, -0.2) is 9.13 Å². The van der Waals surface area contributed by atoms with Gasteiger partial charge in [-0.25, -0.2) is 0 Å². The average molecular weight is 854 g/mol. The van der Waals surface area contributed by atoms with Crippen molar-refractivity contribution in [3.05, 3.63) is 259 Å². The first-order chi connectivity index (χ1) is 33.3. The molecule has 67 heavy (non-hydrogen) atoms. The number of hydrogen-bond donors (Lipinski definition) is 0. The normalized spacial score (nSPS) is 13.5. The second-order valence-corrected chi connectivity index (χ2v) is 18.0. The molecule has 4 nitrogen and oxygen atoms in total. The van der Waals surface area contributed by atoms with Crippen LogP contribution in [0.4, 0.5) is 17.1 Å². The largest absolute Gasteiger partial charge is 0.439 e. The molecule has 10 aromatic carbocycles. The second-order valence-electron chi connectivity index (χ2n) is 18.0. The summed E-state index contributed by atoms with van der Waals surface area (Å²) in [4.78, 5) is 2.49. The Kier molecular flexibility index (Phi) is 7.40. The lowest BCUT2D eigenvalue weighted by Gasteiger charge is -2.45. The molecule has 0 amide bonds. The molecule has 15 rings (SSSR count). The first-order valence-corrected chi connectivity index (χ1v) is 23.1. The molecule has 4 heteroatoms. The van der Waals surface area contributed by atoms with Crippen molar-refractivity contribution in [2.24, 2.45) is 0 Å². The lowest BCUT2D eigenvalue weighted by atomic mass is 9.64. The van der Waals surface area contributed by atoms with Gasteiger partial charge in [-0.3, -0.25) is 4.57 Å². The van der Waals surface area contributed by atoms with Crippen LogP contribution in [0.15, 0.2) is 241 Å². The maximum Gasteiger partial charge on any atom is 0.213 e. The van der Waals surface area contributed by atoms with Gasteiger partial charge in [0.05, 0.1) is 38.7 Å². The quantitative estimate of drug-likeness (QED) is 0.176. The van der Waals surface area contributed by atoms with Crippen LogP contribution in [-0.2, 0) is 5.41 Å². The van der Waals surface area contributed by atoms with Crippen molar-refractivity contribution in [1.82, 2.24) is 9.13 Å². The highest BCUT2D eigenvalue weighted by atomic mass is 16.3. The van der Waals surface area contributed by atoms with E-state index in [2.05, 4.69) is 251 Å². The number of fused-ring (bicyclic) bond motifs is 17. The van der Waals surface area contributed by atoms with E-state index in [1.165, 1.54) is 55.2 Å². The molecular formula is C63H39N3O. The van der Waals surface area contributed by atoms with Gasteiger partial charge in [0.1, 0.15) is 5.58 Å². The molecule has 1 aliphatic heterocycles. The maximum atomic E-state index is 6.81. The van der Waals surface area contributed by atoms with Crippen LogP contribution in [0.1, 0.15) is 22.3 Å². The standard InChI is InChI=1S/C63H39N3O/c1-3-18-41(19-4-1)64-57-36-34-40(44-27-17-28-50-60-49-26-11-16-33-59(49)67-62(60)66(61(44)50)42-20-5-2-6-21-42)38-53(57)63(51-29-12-7-22-45(51)46-23-8-13-30-52(46)63)54-39-43(35-37-58(54)64)65-55-31-14-9-24-47(55)48-25-10-15-32-56(48)65/h1-39H. The predicted octanol–water partition coefficient (Wildman–Crippen LogP) is 16.4. The van der Waals surface area contributed by atoms with Crippen molar-refractivity contribution >= 4 is 71.8 Å². The van der Waals surface area contributed by atoms with Crippen molar-refractivity contribution in [2.75, 3.05) is 4.90 Å². The Morgan fingerprint density at radius 3 is 1.58 bits per heavy atom. The van der Waals surface area contributed by atoms with Crippen molar-refractivity contribution in [1.29, 1.82) is 0 Å². The first kappa shape index (κ1) is 36.5. The number of aromatic nitrogens is 2. The van der Waals surface area contributed by atoms with Gasteiger partial charge in [-0.1, -0.05) is 164 Å². The zero-order chi connectivity index (χ0) is 43.8. The Labute approximate surface area is 386 Å². The van der Waals surface area contributed by atoms with E-state index >= 15 is 0 Å². The van der Waals surface area contributed by atoms with E-state index in [1.807, 2.05) is 0 Å². The molecule has 0 atom stereocenters. The van der Waals surface area contributed by atoms with Crippen LogP contribution in [0, 0.1) is 0 Å². The molecule has 312 valence electrons. The molecule has 0 fully saturated rings. The molecule has 0 saturated carbocycles. The highest BCUT2D eigenvalue weighted by molar-refractivity contribution is 6.22. The summed E-state index contributed by atoms with van der Waals surface area (Å²) in [6, 6.07) is 87.0. The fourth-order valence-corrected chi connectivity index (χ4v) is 12.1. The van der Waals surface area contributed by atoms with Crippen LogP contribution in [0.2, 0.25) is 0 Å². The fraction of sp³-hybridized carbons (Fsp3) is 0.0159. The maximum absolute atomic E-state index is 6.81. The molecule has 0 radical (unpaired) electrons. The summed E-state index contributed by atoms with van der Waals surface area (Å²) in [5.74, 6) is 0. The summed E-state index contributed by atoms with van der Waals surface area (Å²) in [6.45, 7) is 0. The molecule has 4 heterocycles. The van der Waals surface area contributed by atoms with Gasteiger partial charge in [0, 0.05) is 44.2 Å². The molecule has 0 saturated heterocycles.